The Morgan fingerprint density at radius 3 is 2.59 bits per heavy atom. The maximum Gasteiger partial charge on any atom is 0.337 e. The lowest BCUT2D eigenvalue weighted by molar-refractivity contribution is 0.0601. The number of esters is 1. The van der Waals surface area contributed by atoms with Gasteiger partial charge in [-0.15, -0.1) is 0 Å². The van der Waals surface area contributed by atoms with Crippen LogP contribution in [0.1, 0.15) is 10.4 Å². The third-order valence-electron chi connectivity index (χ3n) is 3.86. The first-order valence-electron chi connectivity index (χ1n) is 8.16. The average molecular weight is 364 g/mol. The summed E-state index contributed by atoms with van der Waals surface area (Å²) in [4.78, 5) is 20.1. The van der Waals surface area contributed by atoms with Crippen LogP contribution in [0.4, 0.5) is 23.1 Å². The highest BCUT2D eigenvalue weighted by Gasteiger charge is 2.13. The lowest BCUT2D eigenvalue weighted by atomic mass is 10.2. The number of ether oxygens (including phenoxy) is 3. The van der Waals surface area contributed by atoms with Gasteiger partial charge in [0.05, 0.1) is 12.7 Å². The maximum atomic E-state index is 11.5. The minimum absolute atomic E-state index is 0.226. The van der Waals surface area contributed by atoms with E-state index in [0.29, 0.717) is 28.8 Å². The average Bonchev–Trinajstić information content (AvgIpc) is 3.16. The van der Waals surface area contributed by atoms with Crippen LogP contribution in [0.25, 0.3) is 0 Å². The lowest BCUT2D eigenvalue weighted by Gasteiger charge is -2.09. The van der Waals surface area contributed by atoms with Crippen LogP contribution in [0, 0.1) is 0 Å². The molecule has 0 saturated heterocycles. The van der Waals surface area contributed by atoms with Crippen molar-refractivity contribution in [2.45, 2.75) is 0 Å². The predicted octanol–water partition coefficient (Wildman–Crippen LogP) is 3.48. The minimum atomic E-state index is -0.376. The molecule has 1 aromatic heterocycles. The van der Waals surface area contributed by atoms with Gasteiger partial charge in [0, 0.05) is 23.6 Å². The summed E-state index contributed by atoms with van der Waals surface area (Å²) in [6.07, 6.45) is 1.65. The molecule has 4 rings (SSSR count). The highest BCUT2D eigenvalue weighted by Crippen LogP contribution is 2.34. The number of nitrogens with one attached hydrogen (secondary N) is 2. The number of hydrogen-bond donors (Lipinski definition) is 2. The molecule has 0 radical (unpaired) electrons. The Morgan fingerprint density at radius 2 is 1.78 bits per heavy atom. The third-order valence-corrected chi connectivity index (χ3v) is 3.86. The van der Waals surface area contributed by atoms with Gasteiger partial charge in [0.1, 0.15) is 5.82 Å². The molecule has 0 unspecified atom stereocenters. The van der Waals surface area contributed by atoms with E-state index in [2.05, 4.69) is 25.3 Å². The van der Waals surface area contributed by atoms with Crippen LogP contribution in [0.15, 0.2) is 54.7 Å². The number of carbonyl (C=O) groups is 1. The normalized spacial score (nSPS) is 11.7. The maximum absolute atomic E-state index is 11.5. The second kappa shape index (κ2) is 7.20. The molecule has 0 aliphatic carbocycles. The fourth-order valence-corrected chi connectivity index (χ4v) is 2.55. The van der Waals surface area contributed by atoms with E-state index in [0.717, 1.165) is 11.4 Å². The Bertz CT molecular complexity index is 976. The third kappa shape index (κ3) is 3.74. The summed E-state index contributed by atoms with van der Waals surface area (Å²) in [6.45, 7) is 0.226. The van der Waals surface area contributed by atoms with Crippen LogP contribution >= 0.6 is 0 Å². The molecule has 136 valence electrons. The SMILES string of the molecule is COC(=O)c1ccc(Nc2ccnc(Nc3ccc4c(c3)OCO4)n2)cc1. The number of aromatic nitrogens is 2. The minimum Gasteiger partial charge on any atom is -0.465 e. The Hall–Kier alpha value is -3.81. The number of methoxy groups -OCH3 is 1. The molecule has 2 N–H and O–H groups in total. The zero-order valence-electron chi connectivity index (χ0n) is 14.4. The molecule has 8 heteroatoms. The second-order valence-electron chi connectivity index (χ2n) is 5.65. The van der Waals surface area contributed by atoms with Crippen LogP contribution in [-0.4, -0.2) is 29.8 Å². The van der Waals surface area contributed by atoms with E-state index in [4.69, 9.17) is 9.47 Å². The van der Waals surface area contributed by atoms with Gasteiger partial charge in [-0.05, 0) is 42.5 Å². The van der Waals surface area contributed by atoms with Crippen molar-refractivity contribution in [3.63, 3.8) is 0 Å². The molecular formula is C19H16N4O4. The molecule has 3 aromatic rings. The summed E-state index contributed by atoms with van der Waals surface area (Å²) in [7, 11) is 1.35. The van der Waals surface area contributed by atoms with Gasteiger partial charge >= 0.3 is 5.97 Å². The molecule has 0 amide bonds. The Kier molecular flexibility index (Phi) is 4.44. The monoisotopic (exact) mass is 364 g/mol. The first kappa shape index (κ1) is 16.6. The summed E-state index contributed by atoms with van der Waals surface area (Å²) in [6, 6.07) is 14.2. The number of hydrogen-bond acceptors (Lipinski definition) is 8. The Balaban J connectivity index is 1.47. The molecule has 2 aromatic carbocycles. The van der Waals surface area contributed by atoms with E-state index in [-0.39, 0.29) is 12.8 Å². The number of anilines is 4. The highest BCUT2D eigenvalue weighted by molar-refractivity contribution is 5.89. The van der Waals surface area contributed by atoms with Gasteiger partial charge in [-0.2, -0.15) is 4.98 Å². The van der Waals surface area contributed by atoms with E-state index in [1.54, 1.807) is 36.5 Å². The van der Waals surface area contributed by atoms with Gasteiger partial charge < -0.3 is 24.8 Å². The van der Waals surface area contributed by atoms with Crippen LogP contribution in [-0.2, 0) is 4.74 Å². The van der Waals surface area contributed by atoms with Crippen LogP contribution in [0.2, 0.25) is 0 Å². The molecule has 0 atom stereocenters. The number of fused-ring (bicyclic) bond motifs is 1. The van der Waals surface area contributed by atoms with Gasteiger partial charge in [0.15, 0.2) is 11.5 Å². The molecule has 0 saturated carbocycles. The van der Waals surface area contributed by atoms with Crippen molar-refractivity contribution in [3.05, 3.63) is 60.3 Å². The molecule has 0 spiro atoms. The first-order chi connectivity index (χ1) is 13.2. The molecule has 1 aliphatic rings. The number of nitrogens with zero attached hydrogens (tertiary/aromatic N) is 2. The fourth-order valence-electron chi connectivity index (χ4n) is 2.55. The van der Waals surface area contributed by atoms with Crippen molar-refractivity contribution in [3.8, 4) is 11.5 Å². The summed E-state index contributed by atoms with van der Waals surface area (Å²) >= 11 is 0. The quantitative estimate of drug-likeness (QED) is 0.665. The molecule has 2 heterocycles. The van der Waals surface area contributed by atoms with Crippen molar-refractivity contribution >= 4 is 29.1 Å². The van der Waals surface area contributed by atoms with Gasteiger partial charge in [-0.25, -0.2) is 9.78 Å². The molecule has 0 bridgehead atoms. The van der Waals surface area contributed by atoms with Crippen molar-refractivity contribution in [2.24, 2.45) is 0 Å². The van der Waals surface area contributed by atoms with Crippen LogP contribution in [0.3, 0.4) is 0 Å². The van der Waals surface area contributed by atoms with Gasteiger partial charge in [0.25, 0.3) is 0 Å². The zero-order valence-corrected chi connectivity index (χ0v) is 14.4. The Labute approximate surface area is 155 Å². The van der Waals surface area contributed by atoms with Gasteiger partial charge in [-0.3, -0.25) is 0 Å². The van der Waals surface area contributed by atoms with Crippen molar-refractivity contribution in [1.29, 1.82) is 0 Å². The largest absolute Gasteiger partial charge is 0.465 e. The molecule has 27 heavy (non-hydrogen) atoms. The number of carbonyl (C=O) groups excluding carboxylic acids is 1. The topological polar surface area (TPSA) is 94.6 Å². The van der Waals surface area contributed by atoms with Crippen LogP contribution < -0.4 is 20.1 Å². The van der Waals surface area contributed by atoms with Gasteiger partial charge in [0.2, 0.25) is 12.7 Å². The van der Waals surface area contributed by atoms with E-state index in [9.17, 15) is 4.79 Å². The standard InChI is InChI=1S/C19H16N4O4/c1-25-18(24)12-2-4-13(5-3-12)21-17-8-9-20-19(23-17)22-14-6-7-15-16(10-14)27-11-26-15/h2-10H,11H2,1H3,(H2,20,21,22,23). The fraction of sp³-hybridized carbons (Fsp3) is 0.105. The van der Waals surface area contributed by atoms with E-state index < -0.39 is 0 Å². The molecule has 1 aliphatic heterocycles. The van der Waals surface area contributed by atoms with E-state index in [1.165, 1.54) is 7.11 Å². The molecule has 0 fully saturated rings. The summed E-state index contributed by atoms with van der Waals surface area (Å²) in [5.41, 5.74) is 2.06. The van der Waals surface area contributed by atoms with Crippen LogP contribution in [0.5, 0.6) is 11.5 Å². The lowest BCUT2D eigenvalue weighted by Crippen LogP contribution is -2.02. The highest BCUT2D eigenvalue weighted by atomic mass is 16.7. The van der Waals surface area contributed by atoms with Gasteiger partial charge in [-0.1, -0.05) is 0 Å². The first-order valence-corrected chi connectivity index (χ1v) is 8.16. The summed E-state index contributed by atoms with van der Waals surface area (Å²) in [5, 5.41) is 6.30. The van der Waals surface area contributed by atoms with E-state index in [1.807, 2.05) is 18.2 Å². The van der Waals surface area contributed by atoms with E-state index >= 15 is 0 Å². The van der Waals surface area contributed by atoms with Crippen molar-refractivity contribution in [1.82, 2.24) is 9.97 Å². The molecular weight excluding hydrogens is 348 g/mol. The summed E-state index contributed by atoms with van der Waals surface area (Å²) in [5.74, 6) is 2.06. The summed E-state index contributed by atoms with van der Waals surface area (Å²) < 4.78 is 15.4. The predicted molar refractivity (Wildman–Crippen MR) is 98.9 cm³/mol. The number of benzene rings is 2. The zero-order chi connectivity index (χ0) is 18.6. The smallest absolute Gasteiger partial charge is 0.337 e. The second-order valence-corrected chi connectivity index (χ2v) is 5.65. The van der Waals surface area contributed by atoms with Crippen molar-refractivity contribution < 1.29 is 19.0 Å². The molecule has 8 nitrogen and oxygen atoms in total. The Morgan fingerprint density at radius 1 is 1.00 bits per heavy atom. The van der Waals surface area contributed by atoms with Crippen molar-refractivity contribution in [2.75, 3.05) is 24.5 Å². The number of rotatable bonds is 5.